The molecule has 2 fully saturated rings. The van der Waals surface area contributed by atoms with Gasteiger partial charge in [-0.25, -0.2) is 13.8 Å². The summed E-state index contributed by atoms with van der Waals surface area (Å²) >= 11 is 1.97. The van der Waals surface area contributed by atoms with Gasteiger partial charge in [0.15, 0.2) is 11.6 Å². The smallest absolute Gasteiger partial charge is 0.305 e. The summed E-state index contributed by atoms with van der Waals surface area (Å²) in [7, 11) is 0. The van der Waals surface area contributed by atoms with Crippen LogP contribution >= 0.6 is 22.9 Å². The molecule has 5 rings (SSSR count). The van der Waals surface area contributed by atoms with Gasteiger partial charge in [0.25, 0.3) is 5.91 Å². The molecule has 0 radical (unpaired) electrons. The second kappa shape index (κ2) is 10.5. The molecule has 1 aromatic heterocycles. The molecule has 2 N–H and O–H groups in total. The number of carbonyl (C=O) groups excluding carboxylic acids is 2. The number of carbonyl (C=O) groups is 3. The number of nitrogens with zero attached hydrogens (tertiary/aromatic N) is 3. The van der Waals surface area contributed by atoms with Crippen molar-refractivity contribution in [1.29, 1.82) is 0 Å². The van der Waals surface area contributed by atoms with Crippen LogP contribution in [0, 0.1) is 49.7 Å². The van der Waals surface area contributed by atoms with E-state index in [9.17, 15) is 19.5 Å². The number of aryl methyl sites for hydroxylation is 3. The van der Waals surface area contributed by atoms with Crippen LogP contribution in [0.15, 0.2) is 36.8 Å². The lowest BCUT2D eigenvalue weighted by Crippen LogP contribution is -2.50. The van der Waals surface area contributed by atoms with E-state index in [0.717, 1.165) is 22.8 Å². The number of halogens is 3. The van der Waals surface area contributed by atoms with Crippen molar-refractivity contribution in [2.45, 2.75) is 53.1 Å². The summed E-state index contributed by atoms with van der Waals surface area (Å²) in [5.41, 5.74) is 3.54. The Balaban J connectivity index is 1.51. The number of carboxylic acid groups (broad SMARTS) is 1. The van der Waals surface area contributed by atoms with Crippen LogP contribution in [0.4, 0.5) is 8.78 Å². The minimum atomic E-state index is -1.37. The number of likely N-dealkylation sites (tertiary alicyclic amines) is 1. The SMILES string of the molecule is Cc1cc(C)c(-c2cc(F)c(F)c([C@H](CC(=O)O)NC(=O)[C@@H]3[C@@H]4[C@H](CN3C(=O)c3cn(I)cn3)C4(C)C)c2)c(C)c1. The molecule has 1 aliphatic heterocycles. The van der Waals surface area contributed by atoms with E-state index in [1.807, 2.05) is 69.6 Å². The molecule has 1 aliphatic carbocycles. The van der Waals surface area contributed by atoms with Crippen LogP contribution in [0.1, 0.15) is 59.1 Å². The largest absolute Gasteiger partial charge is 0.481 e. The van der Waals surface area contributed by atoms with Crippen molar-refractivity contribution in [3.8, 4) is 11.1 Å². The first kappa shape index (κ1) is 29.2. The Bertz CT molecular complexity index is 1560. The van der Waals surface area contributed by atoms with Crippen molar-refractivity contribution in [3.63, 3.8) is 0 Å². The van der Waals surface area contributed by atoms with Crippen LogP contribution in [0.25, 0.3) is 11.1 Å². The number of hydrogen-bond donors (Lipinski definition) is 2. The summed E-state index contributed by atoms with van der Waals surface area (Å²) in [5.74, 6) is -4.76. The lowest BCUT2D eigenvalue weighted by Gasteiger charge is -2.31. The van der Waals surface area contributed by atoms with E-state index in [2.05, 4.69) is 10.3 Å². The number of nitrogens with one attached hydrogen (secondary N) is 1. The molecule has 41 heavy (non-hydrogen) atoms. The van der Waals surface area contributed by atoms with Gasteiger partial charge in [-0.05, 0) is 72.4 Å². The highest BCUT2D eigenvalue weighted by atomic mass is 127. The molecule has 2 aromatic carbocycles. The maximum atomic E-state index is 15.3. The number of carboxylic acids is 1. The summed E-state index contributed by atoms with van der Waals surface area (Å²) in [6.07, 6.45) is 2.36. The highest BCUT2D eigenvalue weighted by molar-refractivity contribution is 14.1. The number of rotatable bonds is 7. The Morgan fingerprint density at radius 2 is 1.80 bits per heavy atom. The number of aliphatic carboxylic acids is 1. The van der Waals surface area contributed by atoms with Gasteiger partial charge in [0.05, 0.1) is 35.3 Å². The second-order valence-electron chi connectivity index (χ2n) is 11.8. The van der Waals surface area contributed by atoms with Gasteiger partial charge in [0, 0.05) is 18.3 Å². The minimum absolute atomic E-state index is 0.0757. The molecule has 2 heterocycles. The predicted molar refractivity (Wildman–Crippen MR) is 156 cm³/mol. The van der Waals surface area contributed by atoms with Crippen molar-refractivity contribution >= 4 is 40.6 Å². The van der Waals surface area contributed by atoms with Gasteiger partial charge in [0.2, 0.25) is 5.91 Å². The third-order valence-corrected chi connectivity index (χ3v) is 9.13. The van der Waals surface area contributed by atoms with Crippen LogP contribution in [-0.2, 0) is 9.59 Å². The highest BCUT2D eigenvalue weighted by Crippen LogP contribution is 2.65. The van der Waals surface area contributed by atoms with Gasteiger partial charge in [-0.15, -0.1) is 0 Å². The third-order valence-electron chi connectivity index (χ3n) is 8.60. The summed E-state index contributed by atoms with van der Waals surface area (Å²) < 4.78 is 32.0. The summed E-state index contributed by atoms with van der Waals surface area (Å²) in [6, 6.07) is 4.08. The minimum Gasteiger partial charge on any atom is -0.481 e. The summed E-state index contributed by atoms with van der Waals surface area (Å²) in [5, 5.41) is 12.4. The van der Waals surface area contributed by atoms with Crippen LogP contribution in [0.3, 0.4) is 0 Å². The Morgan fingerprint density at radius 1 is 1.15 bits per heavy atom. The molecule has 8 nitrogen and oxygen atoms in total. The Morgan fingerprint density at radius 3 is 2.39 bits per heavy atom. The first-order chi connectivity index (χ1) is 19.2. The number of benzene rings is 2. The topological polar surface area (TPSA) is 105 Å². The van der Waals surface area contributed by atoms with E-state index < -0.39 is 47.9 Å². The molecule has 3 aromatic rings. The number of piperidine rings is 1. The van der Waals surface area contributed by atoms with Crippen LogP contribution in [0.2, 0.25) is 0 Å². The zero-order valence-corrected chi connectivity index (χ0v) is 25.5. The normalized spacial score (nSPS) is 21.4. The molecule has 2 aliphatic rings. The Kier molecular flexibility index (Phi) is 7.46. The van der Waals surface area contributed by atoms with Gasteiger partial charge in [0.1, 0.15) is 18.1 Å². The second-order valence-corrected chi connectivity index (χ2v) is 12.9. The zero-order valence-electron chi connectivity index (χ0n) is 23.3. The van der Waals surface area contributed by atoms with Crippen molar-refractivity contribution in [1.82, 2.24) is 18.0 Å². The first-order valence-corrected chi connectivity index (χ1v) is 14.3. The summed E-state index contributed by atoms with van der Waals surface area (Å²) in [4.78, 5) is 44.6. The molecule has 1 saturated heterocycles. The van der Waals surface area contributed by atoms with Crippen molar-refractivity contribution in [3.05, 3.63) is 76.4 Å². The van der Waals surface area contributed by atoms with Crippen LogP contribution < -0.4 is 5.32 Å². The quantitative estimate of drug-likeness (QED) is 0.327. The van der Waals surface area contributed by atoms with E-state index in [0.29, 0.717) is 17.7 Å². The fourth-order valence-electron chi connectivity index (χ4n) is 6.67. The number of hydrogen-bond acceptors (Lipinski definition) is 4. The van der Waals surface area contributed by atoms with E-state index in [4.69, 9.17) is 0 Å². The van der Waals surface area contributed by atoms with Crippen LogP contribution in [0.5, 0.6) is 0 Å². The average molecular weight is 677 g/mol. The molecule has 0 spiro atoms. The first-order valence-electron chi connectivity index (χ1n) is 13.3. The number of imidazole rings is 1. The van der Waals surface area contributed by atoms with Gasteiger partial charge >= 0.3 is 5.97 Å². The number of aromatic nitrogens is 2. The van der Waals surface area contributed by atoms with Crippen molar-refractivity contribution in [2.24, 2.45) is 17.3 Å². The van der Waals surface area contributed by atoms with E-state index >= 15 is 8.78 Å². The highest BCUT2D eigenvalue weighted by Gasteiger charge is 2.69. The standard InChI is InChI=1S/C30H31F2IN4O4/c1-14-6-15(2)24(16(3)7-14)17-8-18(26(32)20(31)9-17)21(10-23(38)39)35-28(40)27-25-19(30(25,4)5)11-37(27)29(41)22-12-36(33)13-34-22/h6-9,12-13,19,21,25,27H,10-11H2,1-5H3,(H,35,40)(H,38,39)/t19-,21-,25-,27-/m0/s1. The number of fused-ring (bicyclic) bond motifs is 1. The molecule has 4 atom stereocenters. The monoisotopic (exact) mass is 676 g/mol. The number of amides is 2. The zero-order chi connectivity index (χ0) is 30.0. The Hall–Kier alpha value is -3.35. The Labute approximate surface area is 250 Å². The maximum absolute atomic E-state index is 15.3. The average Bonchev–Trinajstić information content (AvgIpc) is 3.24. The molecular formula is C30H31F2IN4O4. The summed E-state index contributed by atoms with van der Waals surface area (Å²) in [6.45, 7) is 10.1. The third kappa shape index (κ3) is 5.24. The maximum Gasteiger partial charge on any atom is 0.305 e. The fraction of sp³-hybridized carbons (Fsp3) is 0.400. The fourth-order valence-corrected chi connectivity index (χ4v) is 7.06. The lowest BCUT2D eigenvalue weighted by molar-refractivity contribution is -0.138. The van der Waals surface area contributed by atoms with E-state index in [-0.39, 0.29) is 28.5 Å². The van der Waals surface area contributed by atoms with Crippen LogP contribution in [-0.4, -0.2) is 48.1 Å². The van der Waals surface area contributed by atoms with Crippen molar-refractivity contribution < 1.29 is 28.3 Å². The van der Waals surface area contributed by atoms with Gasteiger partial charge in [-0.1, -0.05) is 31.5 Å². The molecule has 11 heteroatoms. The predicted octanol–water partition coefficient (Wildman–Crippen LogP) is 5.38. The van der Waals surface area contributed by atoms with Gasteiger partial charge < -0.3 is 15.3 Å². The molecule has 0 unspecified atom stereocenters. The van der Waals surface area contributed by atoms with E-state index in [1.165, 1.54) is 17.3 Å². The van der Waals surface area contributed by atoms with Gasteiger partial charge in [-0.2, -0.15) is 0 Å². The van der Waals surface area contributed by atoms with Crippen molar-refractivity contribution in [2.75, 3.05) is 6.54 Å². The molecule has 1 saturated carbocycles. The molecule has 0 bridgehead atoms. The van der Waals surface area contributed by atoms with Gasteiger partial charge in [-0.3, -0.25) is 17.2 Å². The lowest BCUT2D eigenvalue weighted by atomic mass is 9.90. The molecular weight excluding hydrogens is 645 g/mol. The molecule has 2 amide bonds. The van der Waals surface area contributed by atoms with E-state index in [1.54, 1.807) is 8.98 Å². The molecule has 216 valence electrons.